The van der Waals surface area contributed by atoms with E-state index in [-0.39, 0.29) is 11.4 Å². The topological polar surface area (TPSA) is 69.6 Å². The van der Waals surface area contributed by atoms with Crippen LogP contribution in [0.5, 0.6) is 0 Å². The fourth-order valence-electron chi connectivity index (χ4n) is 2.42. The van der Waals surface area contributed by atoms with E-state index in [4.69, 9.17) is 0 Å². The summed E-state index contributed by atoms with van der Waals surface area (Å²) in [5.74, 6) is 0.0229. The van der Waals surface area contributed by atoms with E-state index in [1.807, 2.05) is 12.1 Å². The summed E-state index contributed by atoms with van der Waals surface area (Å²) in [4.78, 5) is 26.3. The molecule has 1 aliphatic carbocycles. The summed E-state index contributed by atoms with van der Waals surface area (Å²) in [6.07, 6.45) is 2.18. The van der Waals surface area contributed by atoms with Gasteiger partial charge in [-0.1, -0.05) is 0 Å². The Hall–Kier alpha value is -0.730. The molecule has 3 rings (SSSR count). The number of aliphatic carboxylic acids is 1. The van der Waals surface area contributed by atoms with Crippen molar-refractivity contribution in [3.63, 3.8) is 0 Å². The number of hydrogen-bond acceptors (Lipinski definition) is 4. The number of halogens is 1. The number of thioether (sulfide) groups is 1. The number of carboxylic acid groups (broad SMARTS) is 1. The monoisotopic (exact) mass is 390 g/mol. The van der Waals surface area contributed by atoms with Gasteiger partial charge in [-0.2, -0.15) is 0 Å². The summed E-state index contributed by atoms with van der Waals surface area (Å²) < 4.78 is 1.02. The number of hydrogen-bond donors (Lipinski definition) is 2. The van der Waals surface area contributed by atoms with Crippen LogP contribution in [0.2, 0.25) is 0 Å². The summed E-state index contributed by atoms with van der Waals surface area (Å²) in [7, 11) is 0. The summed E-state index contributed by atoms with van der Waals surface area (Å²) >= 11 is 6.54. The fourth-order valence-corrected chi connectivity index (χ4v) is 5.47. The van der Waals surface area contributed by atoms with Crippen LogP contribution < -0.4 is 5.32 Å². The lowest BCUT2D eigenvalue weighted by Gasteiger charge is -2.27. The van der Waals surface area contributed by atoms with Crippen molar-refractivity contribution in [2.75, 3.05) is 5.75 Å². The van der Waals surface area contributed by atoms with Crippen LogP contribution in [0.3, 0.4) is 0 Å². The maximum absolute atomic E-state index is 12.4. The van der Waals surface area contributed by atoms with E-state index >= 15 is 0 Å². The van der Waals surface area contributed by atoms with Crippen molar-refractivity contribution in [1.29, 1.82) is 0 Å². The first-order valence-corrected chi connectivity index (χ1v) is 9.37. The van der Waals surface area contributed by atoms with Crippen LogP contribution in [0.15, 0.2) is 15.9 Å². The second-order valence-corrected chi connectivity index (χ2v) is 8.88. The molecule has 2 atom stereocenters. The molecule has 1 saturated carbocycles. The number of nitrogens with zero attached hydrogens (tertiary/aromatic N) is 1. The van der Waals surface area contributed by atoms with Gasteiger partial charge in [0.05, 0.1) is 15.7 Å². The maximum atomic E-state index is 12.4. The summed E-state index contributed by atoms with van der Waals surface area (Å²) in [6.45, 7) is 0.431. The Labute approximate surface area is 139 Å². The molecular formula is C13H15BrN2O3S2. The Morgan fingerprint density at radius 3 is 2.76 bits per heavy atom. The average molecular weight is 391 g/mol. The first-order chi connectivity index (χ1) is 10.1. The van der Waals surface area contributed by atoms with Gasteiger partial charge in [0.15, 0.2) is 0 Å². The van der Waals surface area contributed by atoms with E-state index in [1.165, 1.54) is 4.90 Å². The Morgan fingerprint density at radius 1 is 1.43 bits per heavy atom. The van der Waals surface area contributed by atoms with E-state index < -0.39 is 12.0 Å². The molecule has 0 aromatic carbocycles. The van der Waals surface area contributed by atoms with Crippen LogP contribution in [0.1, 0.15) is 17.7 Å². The molecule has 5 nitrogen and oxygen atoms in total. The van der Waals surface area contributed by atoms with Gasteiger partial charge in [-0.05, 0) is 46.8 Å². The van der Waals surface area contributed by atoms with Crippen molar-refractivity contribution in [1.82, 2.24) is 10.2 Å². The Morgan fingerprint density at radius 2 is 2.19 bits per heavy atom. The van der Waals surface area contributed by atoms with Gasteiger partial charge >= 0.3 is 12.0 Å². The van der Waals surface area contributed by atoms with Gasteiger partial charge in [-0.3, -0.25) is 4.90 Å². The van der Waals surface area contributed by atoms with Crippen molar-refractivity contribution in [2.24, 2.45) is 5.92 Å². The first-order valence-electron chi connectivity index (χ1n) is 6.71. The second-order valence-electron chi connectivity index (χ2n) is 5.19. The van der Waals surface area contributed by atoms with Crippen LogP contribution in [0.4, 0.5) is 4.79 Å². The number of carbonyl (C=O) groups is 2. The molecule has 2 fully saturated rings. The molecular weight excluding hydrogens is 376 g/mol. The summed E-state index contributed by atoms with van der Waals surface area (Å²) in [6, 6.07) is 2.90. The number of carbonyl (C=O) groups excluding carboxylic acids is 1. The van der Waals surface area contributed by atoms with Crippen molar-refractivity contribution in [3.8, 4) is 0 Å². The van der Waals surface area contributed by atoms with Crippen LogP contribution >= 0.6 is 39.0 Å². The highest BCUT2D eigenvalue weighted by atomic mass is 79.9. The SMILES string of the molecule is O=C(O)C1CSC(C2CC2)N1C(=O)NCc1ccc(Br)s1. The molecule has 2 unspecified atom stereocenters. The van der Waals surface area contributed by atoms with Crippen LogP contribution in [-0.2, 0) is 11.3 Å². The molecule has 1 aromatic rings. The van der Waals surface area contributed by atoms with Crippen molar-refractivity contribution in [2.45, 2.75) is 30.8 Å². The normalized spacial score (nSPS) is 25.1. The molecule has 0 radical (unpaired) electrons. The Bertz CT molecular complexity index is 561. The molecule has 2 heterocycles. The predicted molar refractivity (Wildman–Crippen MR) is 86.5 cm³/mol. The lowest BCUT2D eigenvalue weighted by Crippen LogP contribution is -2.50. The van der Waals surface area contributed by atoms with Crippen LogP contribution in [0, 0.1) is 5.92 Å². The quantitative estimate of drug-likeness (QED) is 0.828. The third-order valence-corrected chi connectivity index (χ3v) is 6.71. The van der Waals surface area contributed by atoms with Gasteiger partial charge in [0, 0.05) is 10.6 Å². The van der Waals surface area contributed by atoms with E-state index in [0.717, 1.165) is 21.5 Å². The molecule has 2 N–H and O–H groups in total. The lowest BCUT2D eigenvalue weighted by molar-refractivity contribution is -0.141. The molecule has 2 aliphatic rings. The van der Waals surface area contributed by atoms with Gasteiger partial charge in [0.2, 0.25) is 0 Å². The smallest absolute Gasteiger partial charge is 0.327 e. The zero-order chi connectivity index (χ0) is 15.0. The number of nitrogens with one attached hydrogen (secondary N) is 1. The molecule has 21 heavy (non-hydrogen) atoms. The van der Waals surface area contributed by atoms with E-state index in [9.17, 15) is 14.7 Å². The molecule has 114 valence electrons. The molecule has 1 aromatic heterocycles. The zero-order valence-corrected chi connectivity index (χ0v) is 14.3. The van der Waals surface area contributed by atoms with E-state index in [1.54, 1.807) is 23.1 Å². The molecule has 1 aliphatic heterocycles. The van der Waals surface area contributed by atoms with E-state index in [2.05, 4.69) is 21.2 Å². The average Bonchev–Trinajstić information content (AvgIpc) is 3.04. The maximum Gasteiger partial charge on any atom is 0.327 e. The lowest BCUT2D eigenvalue weighted by atomic mass is 10.2. The van der Waals surface area contributed by atoms with Gasteiger partial charge < -0.3 is 10.4 Å². The number of urea groups is 1. The zero-order valence-electron chi connectivity index (χ0n) is 11.1. The van der Waals surface area contributed by atoms with Crippen LogP contribution in [-0.4, -0.2) is 39.2 Å². The molecule has 0 bridgehead atoms. The second kappa shape index (κ2) is 6.18. The summed E-state index contributed by atoms with van der Waals surface area (Å²) in [5, 5.41) is 12.2. The van der Waals surface area contributed by atoms with Gasteiger partial charge in [0.25, 0.3) is 0 Å². The first kappa shape index (κ1) is 15.2. The van der Waals surface area contributed by atoms with Gasteiger partial charge in [0.1, 0.15) is 6.04 Å². The third-order valence-electron chi connectivity index (χ3n) is 3.62. The molecule has 1 saturated heterocycles. The van der Waals surface area contributed by atoms with Crippen molar-refractivity contribution >= 4 is 51.0 Å². The van der Waals surface area contributed by atoms with Crippen LogP contribution in [0.25, 0.3) is 0 Å². The highest BCUT2D eigenvalue weighted by Gasteiger charge is 2.48. The number of carboxylic acids is 1. The van der Waals surface area contributed by atoms with E-state index in [0.29, 0.717) is 18.2 Å². The Balaban J connectivity index is 1.66. The minimum absolute atomic E-state index is 0.0150. The molecule has 8 heteroatoms. The highest BCUT2D eigenvalue weighted by molar-refractivity contribution is 9.11. The van der Waals surface area contributed by atoms with Crippen molar-refractivity contribution in [3.05, 3.63) is 20.8 Å². The largest absolute Gasteiger partial charge is 0.480 e. The van der Waals surface area contributed by atoms with Gasteiger partial charge in [-0.25, -0.2) is 9.59 Å². The number of amides is 2. The predicted octanol–water partition coefficient (Wildman–Crippen LogP) is 2.96. The highest BCUT2D eigenvalue weighted by Crippen LogP contribution is 2.45. The minimum Gasteiger partial charge on any atom is -0.480 e. The van der Waals surface area contributed by atoms with Gasteiger partial charge in [-0.15, -0.1) is 23.1 Å². The fraction of sp³-hybridized carbons (Fsp3) is 0.538. The number of thiophene rings is 1. The minimum atomic E-state index is -0.917. The summed E-state index contributed by atoms with van der Waals surface area (Å²) in [5.41, 5.74) is 0. The van der Waals surface area contributed by atoms with Crippen molar-refractivity contribution < 1.29 is 14.7 Å². The standard InChI is InChI=1S/C13H15BrN2O3S2/c14-10-4-3-8(21-10)5-15-13(19)16-9(12(17)18)6-20-11(16)7-1-2-7/h3-4,7,9,11H,1-2,5-6H2,(H,15,19)(H,17,18). The third kappa shape index (κ3) is 3.37. The molecule has 2 amide bonds. The molecule has 0 spiro atoms. The Kier molecular flexibility index (Phi) is 4.46. The number of rotatable bonds is 4.